The molecule has 0 N–H and O–H groups in total. The SMILES string of the molecule is Cc1ccc(-c2cnc(CCC(=O)N3CCN(S(=O)(=O)c4ccccc4)CC3)o2)cc1C. The van der Waals surface area contributed by atoms with Crippen LogP contribution in [0, 0.1) is 13.8 Å². The number of sulfonamides is 1. The van der Waals surface area contributed by atoms with Crippen molar-refractivity contribution in [1.29, 1.82) is 0 Å². The molecular formula is C24H27N3O4S. The number of carbonyl (C=O) groups is 1. The number of aryl methyl sites for hydroxylation is 3. The van der Waals surface area contributed by atoms with E-state index in [9.17, 15) is 13.2 Å². The number of benzene rings is 2. The largest absolute Gasteiger partial charge is 0.441 e. The summed E-state index contributed by atoms with van der Waals surface area (Å²) in [5.74, 6) is 1.19. The van der Waals surface area contributed by atoms with Crippen LogP contribution < -0.4 is 0 Å². The van der Waals surface area contributed by atoms with Gasteiger partial charge in [-0.25, -0.2) is 13.4 Å². The minimum Gasteiger partial charge on any atom is -0.441 e. The molecule has 4 rings (SSSR count). The first-order chi connectivity index (χ1) is 15.3. The van der Waals surface area contributed by atoms with E-state index >= 15 is 0 Å². The van der Waals surface area contributed by atoms with Crippen LogP contribution in [0.3, 0.4) is 0 Å². The van der Waals surface area contributed by atoms with E-state index < -0.39 is 10.0 Å². The lowest BCUT2D eigenvalue weighted by Gasteiger charge is -2.34. The average molecular weight is 454 g/mol. The van der Waals surface area contributed by atoms with Gasteiger partial charge in [0.1, 0.15) is 0 Å². The molecule has 1 fully saturated rings. The van der Waals surface area contributed by atoms with Gasteiger partial charge in [-0.2, -0.15) is 4.31 Å². The lowest BCUT2D eigenvalue weighted by Crippen LogP contribution is -2.50. The second kappa shape index (κ2) is 9.26. The number of nitrogens with zero attached hydrogens (tertiary/aromatic N) is 3. The van der Waals surface area contributed by atoms with Crippen molar-refractivity contribution in [2.45, 2.75) is 31.6 Å². The normalized spacial score (nSPS) is 15.1. The van der Waals surface area contributed by atoms with Gasteiger partial charge in [-0.1, -0.05) is 30.3 Å². The fraction of sp³-hybridized carbons (Fsp3) is 0.333. The van der Waals surface area contributed by atoms with Crippen LogP contribution >= 0.6 is 0 Å². The van der Waals surface area contributed by atoms with E-state index in [1.165, 1.54) is 15.4 Å². The van der Waals surface area contributed by atoms with Crippen molar-refractivity contribution in [3.05, 3.63) is 71.7 Å². The monoisotopic (exact) mass is 453 g/mol. The predicted octanol–water partition coefficient (Wildman–Crippen LogP) is 3.42. The van der Waals surface area contributed by atoms with Gasteiger partial charge >= 0.3 is 0 Å². The van der Waals surface area contributed by atoms with Crippen LogP contribution in [-0.2, 0) is 21.2 Å². The van der Waals surface area contributed by atoms with Crippen LogP contribution in [0.4, 0.5) is 0 Å². The third-order valence-electron chi connectivity index (χ3n) is 5.87. The van der Waals surface area contributed by atoms with Crippen molar-refractivity contribution in [3.8, 4) is 11.3 Å². The highest BCUT2D eigenvalue weighted by Crippen LogP contribution is 2.24. The van der Waals surface area contributed by atoms with Crippen molar-refractivity contribution in [2.75, 3.05) is 26.2 Å². The maximum Gasteiger partial charge on any atom is 0.243 e. The van der Waals surface area contributed by atoms with Crippen molar-refractivity contribution in [1.82, 2.24) is 14.2 Å². The van der Waals surface area contributed by atoms with Crippen molar-refractivity contribution >= 4 is 15.9 Å². The molecular weight excluding hydrogens is 426 g/mol. The fourth-order valence-electron chi connectivity index (χ4n) is 3.75. The first-order valence-corrected chi connectivity index (χ1v) is 12.1. The third-order valence-corrected chi connectivity index (χ3v) is 7.78. The lowest BCUT2D eigenvalue weighted by atomic mass is 10.1. The Kier molecular flexibility index (Phi) is 6.43. The molecule has 1 aliphatic heterocycles. The Labute approximate surface area is 188 Å². The van der Waals surface area contributed by atoms with Crippen molar-refractivity contribution in [3.63, 3.8) is 0 Å². The first kappa shape index (κ1) is 22.2. The van der Waals surface area contributed by atoms with E-state index in [1.54, 1.807) is 41.4 Å². The van der Waals surface area contributed by atoms with Gasteiger partial charge in [-0.15, -0.1) is 0 Å². The minimum atomic E-state index is -3.53. The molecule has 8 heteroatoms. The number of hydrogen-bond donors (Lipinski definition) is 0. The highest BCUT2D eigenvalue weighted by molar-refractivity contribution is 7.89. The van der Waals surface area contributed by atoms with Crippen molar-refractivity contribution < 1.29 is 17.6 Å². The number of piperazine rings is 1. The lowest BCUT2D eigenvalue weighted by molar-refractivity contribution is -0.132. The molecule has 168 valence electrons. The number of oxazole rings is 1. The molecule has 0 aliphatic carbocycles. The van der Waals surface area contributed by atoms with Gasteiger partial charge in [-0.3, -0.25) is 4.79 Å². The van der Waals surface area contributed by atoms with Crippen LogP contribution in [0.5, 0.6) is 0 Å². The smallest absolute Gasteiger partial charge is 0.243 e. The van der Waals surface area contributed by atoms with Gasteiger partial charge in [0, 0.05) is 44.6 Å². The van der Waals surface area contributed by atoms with E-state index in [0.717, 1.165) is 5.56 Å². The summed E-state index contributed by atoms with van der Waals surface area (Å²) in [6.07, 6.45) is 2.38. The van der Waals surface area contributed by atoms with Crippen LogP contribution in [0.1, 0.15) is 23.4 Å². The molecule has 7 nitrogen and oxygen atoms in total. The van der Waals surface area contributed by atoms with Crippen LogP contribution in [0.25, 0.3) is 11.3 Å². The summed E-state index contributed by atoms with van der Waals surface area (Å²) in [4.78, 5) is 19.0. The molecule has 32 heavy (non-hydrogen) atoms. The Bertz CT molecular complexity index is 1200. The molecule has 0 saturated carbocycles. The van der Waals surface area contributed by atoms with Crippen LogP contribution in [0.15, 0.2) is 64.0 Å². The number of hydrogen-bond acceptors (Lipinski definition) is 5. The molecule has 0 bridgehead atoms. The summed E-state index contributed by atoms with van der Waals surface area (Å²) in [5.41, 5.74) is 3.37. The van der Waals surface area contributed by atoms with Gasteiger partial charge < -0.3 is 9.32 Å². The Morgan fingerprint density at radius 2 is 1.72 bits per heavy atom. The summed E-state index contributed by atoms with van der Waals surface area (Å²) in [6, 6.07) is 14.5. The summed E-state index contributed by atoms with van der Waals surface area (Å²) in [5, 5.41) is 0. The molecule has 0 atom stereocenters. The quantitative estimate of drug-likeness (QED) is 0.571. The Morgan fingerprint density at radius 1 is 1.00 bits per heavy atom. The number of carbonyl (C=O) groups excluding carboxylic acids is 1. The highest BCUT2D eigenvalue weighted by Gasteiger charge is 2.29. The molecule has 1 amide bonds. The van der Waals surface area contributed by atoms with E-state index in [4.69, 9.17) is 4.42 Å². The summed E-state index contributed by atoms with van der Waals surface area (Å²) >= 11 is 0. The zero-order valence-corrected chi connectivity index (χ0v) is 19.1. The van der Waals surface area contributed by atoms with Gasteiger partial charge in [0.2, 0.25) is 15.9 Å². The fourth-order valence-corrected chi connectivity index (χ4v) is 5.19. The maximum atomic E-state index is 12.7. The molecule has 1 aromatic heterocycles. The van der Waals surface area contributed by atoms with Crippen LogP contribution in [-0.4, -0.2) is 54.7 Å². The number of aromatic nitrogens is 1. The zero-order chi connectivity index (χ0) is 22.7. The van der Waals surface area contributed by atoms with Gasteiger partial charge in [0.15, 0.2) is 11.7 Å². The van der Waals surface area contributed by atoms with E-state index in [0.29, 0.717) is 44.3 Å². The summed E-state index contributed by atoms with van der Waals surface area (Å²) in [6.45, 7) is 5.46. The molecule has 0 unspecified atom stereocenters. The van der Waals surface area contributed by atoms with Crippen molar-refractivity contribution in [2.24, 2.45) is 0 Å². The molecule has 1 saturated heterocycles. The average Bonchev–Trinajstić information content (AvgIpc) is 3.29. The molecule has 1 aliphatic rings. The van der Waals surface area contributed by atoms with E-state index in [1.807, 2.05) is 12.1 Å². The Balaban J connectivity index is 1.30. The minimum absolute atomic E-state index is 0.0207. The second-order valence-electron chi connectivity index (χ2n) is 8.02. The zero-order valence-electron chi connectivity index (χ0n) is 18.3. The third kappa shape index (κ3) is 4.76. The Morgan fingerprint density at radius 3 is 2.41 bits per heavy atom. The second-order valence-corrected chi connectivity index (χ2v) is 9.95. The number of amides is 1. The molecule has 0 radical (unpaired) electrons. The first-order valence-electron chi connectivity index (χ1n) is 10.7. The molecule has 3 aromatic rings. The standard InChI is InChI=1S/C24H27N3O4S/c1-18-8-9-20(16-19(18)2)22-17-25-23(31-22)10-11-24(28)26-12-14-27(15-13-26)32(29,30)21-6-4-3-5-7-21/h3-9,16-17H,10-15H2,1-2H3. The highest BCUT2D eigenvalue weighted by atomic mass is 32.2. The maximum absolute atomic E-state index is 12.7. The van der Waals surface area contributed by atoms with Gasteiger partial charge in [0.05, 0.1) is 11.1 Å². The van der Waals surface area contributed by atoms with Crippen LogP contribution in [0.2, 0.25) is 0 Å². The topological polar surface area (TPSA) is 83.7 Å². The van der Waals surface area contributed by atoms with E-state index in [2.05, 4.69) is 24.9 Å². The van der Waals surface area contributed by atoms with Gasteiger partial charge in [0.25, 0.3) is 0 Å². The number of rotatable bonds is 6. The molecule has 2 heterocycles. The van der Waals surface area contributed by atoms with Gasteiger partial charge in [-0.05, 0) is 43.2 Å². The summed E-state index contributed by atoms with van der Waals surface area (Å²) in [7, 11) is -3.53. The molecule has 0 spiro atoms. The summed E-state index contributed by atoms with van der Waals surface area (Å²) < 4.78 is 32.8. The molecule has 2 aromatic carbocycles. The predicted molar refractivity (Wildman–Crippen MR) is 122 cm³/mol. The Hall–Kier alpha value is -2.97. The van der Waals surface area contributed by atoms with E-state index in [-0.39, 0.29) is 17.2 Å².